The van der Waals surface area contributed by atoms with Gasteiger partial charge in [0.1, 0.15) is 5.82 Å². The van der Waals surface area contributed by atoms with Crippen molar-refractivity contribution in [1.29, 1.82) is 0 Å². The van der Waals surface area contributed by atoms with Crippen molar-refractivity contribution in [2.24, 2.45) is 12.8 Å². The Morgan fingerprint density at radius 2 is 2.60 bits per heavy atom. The molecule has 0 bridgehead atoms. The van der Waals surface area contributed by atoms with E-state index in [0.717, 1.165) is 0 Å². The fraction of sp³-hybridized carbons (Fsp3) is 0.500. The molecule has 1 rings (SSSR count). The van der Waals surface area contributed by atoms with Gasteiger partial charge in [0.25, 0.3) is 0 Å². The Morgan fingerprint density at radius 3 is 3.00 bits per heavy atom. The molecular weight excluding hydrogens is 133 g/mol. The van der Waals surface area contributed by atoms with E-state index in [1.807, 2.05) is 0 Å². The molecular formula is C6H10FN3. The Labute approximate surface area is 58.7 Å². The Hall–Kier alpha value is -0.900. The lowest BCUT2D eigenvalue weighted by Gasteiger charge is -2.03. The molecule has 2 N–H and O–H groups in total. The summed E-state index contributed by atoms with van der Waals surface area (Å²) >= 11 is 0. The van der Waals surface area contributed by atoms with Gasteiger partial charge < -0.3 is 10.3 Å². The number of nitrogens with zero attached hydrogens (tertiary/aromatic N) is 2. The van der Waals surface area contributed by atoms with Gasteiger partial charge in [0.15, 0.2) is 6.17 Å². The van der Waals surface area contributed by atoms with Crippen molar-refractivity contribution < 1.29 is 4.39 Å². The fourth-order valence-electron chi connectivity index (χ4n) is 0.784. The van der Waals surface area contributed by atoms with Crippen molar-refractivity contribution >= 4 is 0 Å². The van der Waals surface area contributed by atoms with Gasteiger partial charge in [-0.15, -0.1) is 0 Å². The number of aromatic nitrogens is 2. The highest BCUT2D eigenvalue weighted by atomic mass is 19.1. The van der Waals surface area contributed by atoms with Crippen LogP contribution in [0.1, 0.15) is 12.0 Å². The lowest BCUT2D eigenvalue weighted by Crippen LogP contribution is -2.11. The third kappa shape index (κ3) is 1.16. The van der Waals surface area contributed by atoms with Crippen LogP contribution < -0.4 is 5.73 Å². The molecule has 1 heterocycles. The van der Waals surface area contributed by atoms with Crippen molar-refractivity contribution in [3.05, 3.63) is 18.2 Å². The van der Waals surface area contributed by atoms with Crippen molar-refractivity contribution in [3.63, 3.8) is 0 Å². The van der Waals surface area contributed by atoms with E-state index in [9.17, 15) is 4.39 Å². The van der Waals surface area contributed by atoms with Crippen LogP contribution in [-0.2, 0) is 7.05 Å². The second kappa shape index (κ2) is 2.79. The molecule has 0 aliphatic heterocycles. The predicted octanol–water partition coefficient (Wildman–Crippen LogP) is 0.389. The van der Waals surface area contributed by atoms with Crippen LogP contribution in [0.5, 0.6) is 0 Å². The highest BCUT2D eigenvalue weighted by molar-refractivity contribution is 4.95. The van der Waals surface area contributed by atoms with E-state index in [-0.39, 0.29) is 6.54 Å². The van der Waals surface area contributed by atoms with Gasteiger partial charge in [0.2, 0.25) is 0 Å². The number of alkyl halides is 1. The van der Waals surface area contributed by atoms with Crippen molar-refractivity contribution in [2.45, 2.75) is 6.17 Å². The molecule has 1 atom stereocenters. The zero-order chi connectivity index (χ0) is 7.56. The summed E-state index contributed by atoms with van der Waals surface area (Å²) in [4.78, 5) is 3.79. The topological polar surface area (TPSA) is 43.8 Å². The van der Waals surface area contributed by atoms with E-state index >= 15 is 0 Å². The van der Waals surface area contributed by atoms with Crippen LogP contribution in [-0.4, -0.2) is 16.1 Å². The highest BCUT2D eigenvalue weighted by Gasteiger charge is 2.10. The minimum Gasteiger partial charge on any atom is -0.336 e. The highest BCUT2D eigenvalue weighted by Crippen LogP contribution is 2.11. The number of aryl methyl sites for hydroxylation is 1. The molecule has 0 spiro atoms. The summed E-state index contributed by atoms with van der Waals surface area (Å²) in [6.45, 7) is -0.00907. The molecule has 0 amide bonds. The van der Waals surface area contributed by atoms with E-state index < -0.39 is 6.17 Å². The van der Waals surface area contributed by atoms with Crippen molar-refractivity contribution in [1.82, 2.24) is 9.55 Å². The van der Waals surface area contributed by atoms with Crippen molar-refractivity contribution in [3.8, 4) is 0 Å². The normalized spacial score (nSPS) is 13.5. The van der Waals surface area contributed by atoms with Gasteiger partial charge >= 0.3 is 0 Å². The van der Waals surface area contributed by atoms with Gasteiger partial charge in [-0.1, -0.05) is 0 Å². The molecule has 1 aromatic rings. The SMILES string of the molecule is Cn1ccnc1C(F)CN. The minimum atomic E-state index is -1.14. The third-order valence-corrected chi connectivity index (χ3v) is 1.35. The molecule has 1 aromatic heterocycles. The number of nitrogens with two attached hydrogens (primary N) is 1. The Bertz CT molecular complexity index is 209. The van der Waals surface area contributed by atoms with E-state index in [0.29, 0.717) is 5.82 Å². The first-order valence-electron chi connectivity index (χ1n) is 3.07. The number of imidazole rings is 1. The van der Waals surface area contributed by atoms with Gasteiger partial charge in [0, 0.05) is 26.0 Å². The number of rotatable bonds is 2. The van der Waals surface area contributed by atoms with Gasteiger partial charge in [0.05, 0.1) is 0 Å². The summed E-state index contributed by atoms with van der Waals surface area (Å²) in [6, 6.07) is 0. The average Bonchev–Trinajstić information content (AvgIpc) is 2.34. The van der Waals surface area contributed by atoms with E-state index in [2.05, 4.69) is 4.98 Å². The first-order chi connectivity index (χ1) is 4.75. The zero-order valence-electron chi connectivity index (χ0n) is 5.79. The number of hydrogen-bond acceptors (Lipinski definition) is 2. The van der Waals surface area contributed by atoms with Crippen LogP contribution in [0, 0.1) is 0 Å². The monoisotopic (exact) mass is 143 g/mol. The Morgan fingerprint density at radius 1 is 1.90 bits per heavy atom. The average molecular weight is 143 g/mol. The quantitative estimate of drug-likeness (QED) is 0.650. The van der Waals surface area contributed by atoms with Crippen LogP contribution in [0.15, 0.2) is 12.4 Å². The Balaban J connectivity index is 2.82. The fourth-order valence-corrected chi connectivity index (χ4v) is 0.784. The van der Waals surface area contributed by atoms with Crippen LogP contribution in [0.4, 0.5) is 4.39 Å². The molecule has 1 unspecified atom stereocenters. The molecule has 0 saturated heterocycles. The number of halogens is 1. The first kappa shape index (κ1) is 7.21. The lowest BCUT2D eigenvalue weighted by atomic mass is 10.4. The van der Waals surface area contributed by atoms with Crippen LogP contribution in [0.25, 0.3) is 0 Å². The third-order valence-electron chi connectivity index (χ3n) is 1.35. The van der Waals surface area contributed by atoms with Gasteiger partial charge in [-0.05, 0) is 0 Å². The molecule has 4 heteroatoms. The molecule has 0 saturated carbocycles. The molecule has 56 valence electrons. The van der Waals surface area contributed by atoms with E-state index in [1.54, 1.807) is 24.0 Å². The number of hydrogen-bond donors (Lipinski definition) is 1. The van der Waals surface area contributed by atoms with Crippen LogP contribution in [0.2, 0.25) is 0 Å². The van der Waals surface area contributed by atoms with Crippen LogP contribution in [0.3, 0.4) is 0 Å². The molecule has 0 aliphatic rings. The Kier molecular flexibility index (Phi) is 2.01. The lowest BCUT2D eigenvalue weighted by molar-refractivity contribution is 0.329. The maximum absolute atomic E-state index is 12.8. The second-order valence-corrected chi connectivity index (χ2v) is 2.10. The molecule has 3 nitrogen and oxygen atoms in total. The maximum Gasteiger partial charge on any atom is 0.170 e. The van der Waals surface area contributed by atoms with Gasteiger partial charge in [-0.3, -0.25) is 0 Å². The minimum absolute atomic E-state index is 0.00907. The molecule has 0 radical (unpaired) electrons. The summed E-state index contributed by atoms with van der Waals surface area (Å²) in [6.07, 6.45) is 2.11. The van der Waals surface area contributed by atoms with Gasteiger partial charge in [-0.25, -0.2) is 9.37 Å². The molecule has 0 fully saturated rings. The molecule has 0 aromatic carbocycles. The van der Waals surface area contributed by atoms with E-state index in [1.165, 1.54) is 0 Å². The summed E-state index contributed by atoms with van der Waals surface area (Å²) in [5.74, 6) is 0.391. The predicted molar refractivity (Wildman–Crippen MR) is 36.1 cm³/mol. The maximum atomic E-state index is 12.8. The summed E-state index contributed by atoms with van der Waals surface area (Å²) in [5, 5.41) is 0. The van der Waals surface area contributed by atoms with Gasteiger partial charge in [-0.2, -0.15) is 0 Å². The summed E-state index contributed by atoms with van der Waals surface area (Å²) < 4.78 is 14.4. The summed E-state index contributed by atoms with van der Waals surface area (Å²) in [7, 11) is 1.74. The smallest absolute Gasteiger partial charge is 0.170 e. The van der Waals surface area contributed by atoms with Crippen LogP contribution >= 0.6 is 0 Å². The second-order valence-electron chi connectivity index (χ2n) is 2.10. The standard InChI is InChI=1S/C6H10FN3/c1-10-3-2-9-6(10)5(7)4-8/h2-3,5H,4,8H2,1H3. The molecule has 10 heavy (non-hydrogen) atoms. The summed E-state index contributed by atoms with van der Waals surface area (Å²) in [5.41, 5.74) is 5.10. The largest absolute Gasteiger partial charge is 0.336 e. The van der Waals surface area contributed by atoms with Crippen molar-refractivity contribution in [2.75, 3.05) is 6.54 Å². The zero-order valence-corrected chi connectivity index (χ0v) is 5.79. The first-order valence-corrected chi connectivity index (χ1v) is 3.07. The molecule has 0 aliphatic carbocycles. The van der Waals surface area contributed by atoms with E-state index in [4.69, 9.17) is 5.73 Å².